The second-order valence-corrected chi connectivity index (χ2v) is 4.16. The summed E-state index contributed by atoms with van der Waals surface area (Å²) in [7, 11) is 0. The number of likely N-dealkylation sites (tertiary alicyclic amines) is 1. The average Bonchev–Trinajstić information content (AvgIpc) is 2.08. The zero-order valence-corrected chi connectivity index (χ0v) is 8.71. The molecule has 0 radical (unpaired) electrons. The largest absolute Gasteiger partial charge is 0.387 e. The molecule has 2 atom stereocenters. The molecule has 76 valence electrons. The van der Waals surface area contributed by atoms with Crippen LogP contribution < -0.4 is 5.73 Å². The van der Waals surface area contributed by atoms with E-state index in [9.17, 15) is 0 Å². The Morgan fingerprint density at radius 2 is 2.23 bits per heavy atom. The summed E-state index contributed by atoms with van der Waals surface area (Å²) in [5.41, 5.74) is 5.41. The van der Waals surface area contributed by atoms with E-state index < -0.39 is 0 Å². The Hall–Kier alpha value is -0.570. The molecule has 3 nitrogen and oxygen atoms in total. The molecule has 3 heteroatoms. The van der Waals surface area contributed by atoms with Gasteiger partial charge in [0.15, 0.2) is 0 Å². The van der Waals surface area contributed by atoms with Crippen LogP contribution in [0.1, 0.15) is 33.1 Å². The van der Waals surface area contributed by atoms with Gasteiger partial charge in [-0.3, -0.25) is 10.3 Å². The van der Waals surface area contributed by atoms with Crippen LogP contribution in [0.3, 0.4) is 0 Å². The molecule has 1 aliphatic rings. The van der Waals surface area contributed by atoms with Crippen molar-refractivity contribution < 1.29 is 0 Å². The molecule has 0 aliphatic carbocycles. The van der Waals surface area contributed by atoms with Crippen molar-refractivity contribution in [3.05, 3.63) is 0 Å². The van der Waals surface area contributed by atoms with Crippen LogP contribution in [-0.4, -0.2) is 29.9 Å². The lowest BCUT2D eigenvalue weighted by Gasteiger charge is -2.37. The number of nitrogens with two attached hydrogens (primary N) is 1. The molecule has 13 heavy (non-hydrogen) atoms. The molecule has 0 aromatic heterocycles. The lowest BCUT2D eigenvalue weighted by Crippen LogP contribution is -2.45. The molecule has 0 aromatic carbocycles. The van der Waals surface area contributed by atoms with E-state index >= 15 is 0 Å². The normalized spacial score (nSPS) is 30.3. The first kappa shape index (κ1) is 10.5. The molecule has 0 spiro atoms. The molecule has 0 amide bonds. The van der Waals surface area contributed by atoms with Crippen molar-refractivity contribution in [2.75, 3.05) is 13.1 Å². The highest BCUT2D eigenvalue weighted by Crippen LogP contribution is 2.23. The number of nitrogens with zero attached hydrogens (tertiary/aromatic N) is 1. The molecular weight excluding hydrogens is 162 g/mol. The summed E-state index contributed by atoms with van der Waals surface area (Å²) in [4.78, 5) is 2.33. The summed E-state index contributed by atoms with van der Waals surface area (Å²) >= 11 is 0. The van der Waals surface area contributed by atoms with Gasteiger partial charge >= 0.3 is 0 Å². The van der Waals surface area contributed by atoms with E-state index in [2.05, 4.69) is 18.7 Å². The maximum atomic E-state index is 7.28. The predicted molar refractivity (Wildman–Crippen MR) is 56.0 cm³/mol. The fourth-order valence-corrected chi connectivity index (χ4v) is 2.03. The van der Waals surface area contributed by atoms with E-state index in [0.29, 0.717) is 18.4 Å². The van der Waals surface area contributed by atoms with Gasteiger partial charge in [0.05, 0.1) is 6.54 Å². The minimum absolute atomic E-state index is 0.295. The van der Waals surface area contributed by atoms with E-state index in [0.717, 1.165) is 12.5 Å². The van der Waals surface area contributed by atoms with E-state index in [1.54, 1.807) is 0 Å². The number of piperidine rings is 1. The summed E-state index contributed by atoms with van der Waals surface area (Å²) < 4.78 is 0. The predicted octanol–water partition coefficient (Wildman–Crippen LogP) is 1.43. The third-order valence-corrected chi connectivity index (χ3v) is 3.06. The van der Waals surface area contributed by atoms with Crippen LogP contribution in [0.5, 0.6) is 0 Å². The van der Waals surface area contributed by atoms with Gasteiger partial charge in [-0.15, -0.1) is 0 Å². The molecule has 1 fully saturated rings. The number of nitrogens with one attached hydrogen (secondary N) is 1. The fraction of sp³-hybridized carbons (Fsp3) is 0.900. The molecule has 0 saturated carbocycles. The molecular formula is C10H21N3. The maximum Gasteiger partial charge on any atom is 0.105 e. The van der Waals surface area contributed by atoms with Crippen LogP contribution in [0.25, 0.3) is 0 Å². The first-order valence-corrected chi connectivity index (χ1v) is 5.20. The summed E-state index contributed by atoms with van der Waals surface area (Å²) in [6.07, 6.45) is 3.85. The third-order valence-electron chi connectivity index (χ3n) is 3.06. The van der Waals surface area contributed by atoms with Gasteiger partial charge in [-0.2, -0.15) is 0 Å². The Morgan fingerprint density at radius 1 is 1.54 bits per heavy atom. The lowest BCUT2D eigenvalue weighted by atomic mass is 9.91. The Balaban J connectivity index is 2.44. The molecule has 0 unspecified atom stereocenters. The van der Waals surface area contributed by atoms with Crippen molar-refractivity contribution in [1.29, 1.82) is 5.41 Å². The second kappa shape index (κ2) is 4.61. The quantitative estimate of drug-likeness (QED) is 0.514. The maximum absolute atomic E-state index is 7.28. The van der Waals surface area contributed by atoms with Gasteiger partial charge in [0.2, 0.25) is 0 Å². The van der Waals surface area contributed by atoms with E-state index in [1.165, 1.54) is 19.3 Å². The minimum atomic E-state index is 0.295. The van der Waals surface area contributed by atoms with Gasteiger partial charge in [0.25, 0.3) is 0 Å². The van der Waals surface area contributed by atoms with Gasteiger partial charge < -0.3 is 5.73 Å². The van der Waals surface area contributed by atoms with E-state index in [-0.39, 0.29) is 0 Å². The van der Waals surface area contributed by atoms with Crippen molar-refractivity contribution in [3.8, 4) is 0 Å². The van der Waals surface area contributed by atoms with Crippen LogP contribution in [0.15, 0.2) is 0 Å². The van der Waals surface area contributed by atoms with Crippen molar-refractivity contribution in [3.63, 3.8) is 0 Å². The monoisotopic (exact) mass is 183 g/mol. The van der Waals surface area contributed by atoms with Gasteiger partial charge in [-0.05, 0) is 25.7 Å². The summed E-state index contributed by atoms with van der Waals surface area (Å²) in [6.45, 7) is 6.25. The number of hydrogen-bond donors (Lipinski definition) is 2. The van der Waals surface area contributed by atoms with Crippen LogP contribution >= 0.6 is 0 Å². The van der Waals surface area contributed by atoms with Gasteiger partial charge in [-0.25, -0.2) is 0 Å². The van der Waals surface area contributed by atoms with Crippen LogP contribution in [0, 0.1) is 11.3 Å². The standard InChI is InChI=1S/C10H21N3/c1-3-9-5-4-8(2)13(6-9)7-10(11)12/h8-9H,3-7H2,1-2H3,(H3,11,12)/t8-,9-/m1/s1. The first-order valence-electron chi connectivity index (χ1n) is 5.20. The Labute approximate surface area is 80.8 Å². The van der Waals surface area contributed by atoms with Crippen molar-refractivity contribution >= 4 is 5.84 Å². The molecule has 0 bridgehead atoms. The van der Waals surface area contributed by atoms with Crippen LogP contribution in [0.4, 0.5) is 0 Å². The topological polar surface area (TPSA) is 53.1 Å². The Bertz CT molecular complexity index is 179. The summed E-state index contributed by atoms with van der Waals surface area (Å²) in [6, 6.07) is 0.603. The molecule has 1 heterocycles. The molecule has 0 aromatic rings. The fourth-order valence-electron chi connectivity index (χ4n) is 2.03. The highest BCUT2D eigenvalue weighted by Gasteiger charge is 2.24. The number of rotatable bonds is 3. The van der Waals surface area contributed by atoms with Gasteiger partial charge in [0, 0.05) is 12.6 Å². The van der Waals surface area contributed by atoms with Gasteiger partial charge in [-0.1, -0.05) is 13.3 Å². The number of hydrogen-bond acceptors (Lipinski definition) is 2. The molecule has 3 N–H and O–H groups in total. The van der Waals surface area contributed by atoms with E-state index in [1.807, 2.05) is 0 Å². The Kier molecular flexibility index (Phi) is 3.72. The minimum Gasteiger partial charge on any atom is -0.387 e. The first-order chi connectivity index (χ1) is 6.13. The molecule has 1 saturated heterocycles. The second-order valence-electron chi connectivity index (χ2n) is 4.16. The van der Waals surface area contributed by atoms with Crippen LogP contribution in [0.2, 0.25) is 0 Å². The average molecular weight is 183 g/mol. The highest BCUT2D eigenvalue weighted by molar-refractivity contribution is 5.78. The Morgan fingerprint density at radius 3 is 2.77 bits per heavy atom. The molecule has 1 aliphatic heterocycles. The third kappa shape index (κ3) is 2.99. The van der Waals surface area contributed by atoms with Crippen molar-refractivity contribution in [2.45, 2.75) is 39.2 Å². The lowest BCUT2D eigenvalue weighted by molar-refractivity contribution is 0.134. The summed E-state index contributed by atoms with van der Waals surface area (Å²) in [5.74, 6) is 1.11. The SMILES string of the molecule is CC[C@@H]1CC[C@@H](C)N(CC(=N)N)C1. The van der Waals surface area contributed by atoms with Crippen molar-refractivity contribution in [1.82, 2.24) is 4.90 Å². The zero-order valence-electron chi connectivity index (χ0n) is 8.71. The number of amidine groups is 1. The molecule has 1 rings (SSSR count). The smallest absolute Gasteiger partial charge is 0.105 e. The van der Waals surface area contributed by atoms with Gasteiger partial charge in [0.1, 0.15) is 5.84 Å². The zero-order chi connectivity index (χ0) is 9.84. The highest BCUT2D eigenvalue weighted by atomic mass is 15.2. The van der Waals surface area contributed by atoms with Crippen molar-refractivity contribution in [2.24, 2.45) is 11.7 Å². The van der Waals surface area contributed by atoms with E-state index in [4.69, 9.17) is 11.1 Å². The summed E-state index contributed by atoms with van der Waals surface area (Å²) in [5, 5.41) is 7.28. The van der Waals surface area contributed by atoms with Crippen LogP contribution in [-0.2, 0) is 0 Å².